The first-order chi connectivity index (χ1) is 21.6. The third-order valence-electron chi connectivity index (χ3n) is 6.02. The number of esters is 4. The summed E-state index contributed by atoms with van der Waals surface area (Å²) >= 11 is 0. The molecule has 3 aromatic carbocycles. The van der Waals surface area contributed by atoms with E-state index in [4.69, 9.17) is 23.7 Å². The fourth-order valence-corrected chi connectivity index (χ4v) is 3.65. The molecule has 0 aliphatic carbocycles. The molecule has 0 unspecified atom stereocenters. The van der Waals surface area contributed by atoms with Gasteiger partial charge in [0, 0.05) is 23.6 Å². The zero-order chi connectivity index (χ0) is 32.6. The summed E-state index contributed by atoms with van der Waals surface area (Å²) in [4.78, 5) is 47.6. The Morgan fingerprint density at radius 2 is 1.27 bits per heavy atom. The number of carbonyl (C=O) groups is 4. The number of ether oxygens (including phenoxy) is 5. The van der Waals surface area contributed by atoms with Crippen LogP contribution in [0.15, 0.2) is 103 Å². The van der Waals surface area contributed by atoms with Crippen LogP contribution in [-0.2, 0) is 28.7 Å². The van der Waals surface area contributed by atoms with Crippen LogP contribution in [-0.4, -0.2) is 43.7 Å². The molecule has 45 heavy (non-hydrogen) atoms. The smallest absolute Gasteiger partial charge is 0.339 e. The van der Waals surface area contributed by atoms with E-state index in [0.29, 0.717) is 48.9 Å². The minimum absolute atomic E-state index is 0.0178. The van der Waals surface area contributed by atoms with Gasteiger partial charge in [0.05, 0.1) is 26.2 Å². The lowest BCUT2D eigenvalue weighted by Crippen LogP contribution is -2.15. The van der Waals surface area contributed by atoms with Crippen LogP contribution in [0.2, 0.25) is 0 Å². The Kier molecular flexibility index (Phi) is 13.3. The second kappa shape index (κ2) is 17.6. The van der Waals surface area contributed by atoms with Gasteiger partial charge in [-0.3, -0.25) is 4.79 Å². The van der Waals surface area contributed by atoms with Gasteiger partial charge >= 0.3 is 23.9 Å². The minimum atomic E-state index is -0.690. The number of carbonyl (C=O) groups excluding carboxylic acids is 4. The summed E-state index contributed by atoms with van der Waals surface area (Å²) < 4.78 is 26.2. The monoisotopic (exact) mass is 612 g/mol. The number of hydrogen-bond donors (Lipinski definition) is 0. The van der Waals surface area contributed by atoms with Crippen LogP contribution in [0.5, 0.6) is 17.2 Å². The van der Waals surface area contributed by atoms with E-state index in [1.807, 2.05) is 31.2 Å². The van der Waals surface area contributed by atoms with Gasteiger partial charge in [0.2, 0.25) is 0 Å². The van der Waals surface area contributed by atoms with E-state index in [-0.39, 0.29) is 18.6 Å². The van der Waals surface area contributed by atoms with E-state index in [2.05, 4.69) is 13.2 Å². The van der Waals surface area contributed by atoms with Crippen molar-refractivity contribution in [3.63, 3.8) is 0 Å². The van der Waals surface area contributed by atoms with Crippen molar-refractivity contribution in [1.29, 1.82) is 0 Å². The van der Waals surface area contributed by atoms with E-state index in [1.165, 1.54) is 6.08 Å². The van der Waals surface area contributed by atoms with Crippen molar-refractivity contribution >= 4 is 30.0 Å². The molecule has 0 heterocycles. The summed E-state index contributed by atoms with van der Waals surface area (Å²) in [5.41, 5.74) is 2.99. The lowest BCUT2D eigenvalue weighted by Gasteiger charge is -2.08. The third kappa shape index (κ3) is 12.0. The number of rotatable bonds is 16. The molecule has 0 atom stereocenters. The largest absolute Gasteiger partial charge is 0.493 e. The van der Waals surface area contributed by atoms with Gasteiger partial charge in [-0.25, -0.2) is 14.4 Å². The topological polar surface area (TPSA) is 114 Å². The van der Waals surface area contributed by atoms with E-state index in [9.17, 15) is 19.2 Å². The molecule has 0 aliphatic heterocycles. The quantitative estimate of drug-likeness (QED) is 0.0758. The van der Waals surface area contributed by atoms with Gasteiger partial charge in [0.15, 0.2) is 0 Å². The maximum absolute atomic E-state index is 12.3. The summed E-state index contributed by atoms with van der Waals surface area (Å²) in [5, 5.41) is 0. The molecule has 0 aromatic heterocycles. The lowest BCUT2D eigenvalue weighted by molar-refractivity contribution is -0.144. The standard InChI is InChI=1S/C36H36O9/c1-5-21-42-34(38)24-26(4)36(40)45-32-14-12-29(13-15-32)28-10-7-27(8-11-28)9-20-33(37)44-31-18-16-30(17-19-31)41-22-6-23-43-35(39)25(2)3/h7-20H,2,4-6,21-24H2,1,3H3/b20-9+. The van der Waals surface area contributed by atoms with Gasteiger partial charge in [-0.05, 0) is 72.5 Å². The molecule has 9 nitrogen and oxygen atoms in total. The van der Waals surface area contributed by atoms with Gasteiger partial charge in [-0.15, -0.1) is 0 Å². The van der Waals surface area contributed by atoms with Crippen LogP contribution < -0.4 is 14.2 Å². The van der Waals surface area contributed by atoms with E-state index < -0.39 is 23.9 Å². The normalized spacial score (nSPS) is 10.5. The molecule has 234 valence electrons. The van der Waals surface area contributed by atoms with Gasteiger partial charge in [-0.1, -0.05) is 56.5 Å². The molecule has 0 fully saturated rings. The lowest BCUT2D eigenvalue weighted by atomic mass is 10.0. The molecule has 0 spiro atoms. The highest BCUT2D eigenvalue weighted by atomic mass is 16.5. The second-order valence-electron chi connectivity index (χ2n) is 9.88. The van der Waals surface area contributed by atoms with Gasteiger partial charge in [-0.2, -0.15) is 0 Å². The SMILES string of the molecule is C=C(C)C(=O)OCCCOc1ccc(OC(=O)/C=C/c2ccc(-c3ccc(OC(=O)C(=C)CC(=O)OCCC)cc3)cc2)cc1. The average molecular weight is 613 g/mol. The summed E-state index contributed by atoms with van der Waals surface area (Å²) in [7, 11) is 0. The van der Waals surface area contributed by atoms with Crippen molar-refractivity contribution in [2.24, 2.45) is 0 Å². The van der Waals surface area contributed by atoms with Crippen LogP contribution in [0.1, 0.15) is 38.7 Å². The molecular formula is C36H36O9. The van der Waals surface area contributed by atoms with Crippen molar-refractivity contribution in [2.45, 2.75) is 33.1 Å². The van der Waals surface area contributed by atoms with Gasteiger partial charge < -0.3 is 23.7 Å². The first-order valence-corrected chi connectivity index (χ1v) is 14.4. The molecule has 0 aliphatic rings. The van der Waals surface area contributed by atoms with Gasteiger partial charge in [0.25, 0.3) is 0 Å². The van der Waals surface area contributed by atoms with E-state index in [1.54, 1.807) is 61.5 Å². The molecule has 3 aromatic rings. The Morgan fingerprint density at radius 3 is 1.89 bits per heavy atom. The van der Waals surface area contributed by atoms with Crippen molar-refractivity contribution in [3.8, 4) is 28.4 Å². The van der Waals surface area contributed by atoms with Crippen molar-refractivity contribution in [2.75, 3.05) is 19.8 Å². The predicted octanol–water partition coefficient (Wildman–Crippen LogP) is 6.67. The van der Waals surface area contributed by atoms with Crippen LogP contribution in [0, 0.1) is 0 Å². The summed E-state index contributed by atoms with van der Waals surface area (Å²) in [6.45, 7) is 11.5. The Balaban J connectivity index is 1.43. The first kappa shape index (κ1) is 34.1. The zero-order valence-electron chi connectivity index (χ0n) is 25.4. The highest BCUT2D eigenvalue weighted by Gasteiger charge is 2.15. The first-order valence-electron chi connectivity index (χ1n) is 14.4. The fourth-order valence-electron chi connectivity index (χ4n) is 3.65. The fraction of sp³-hybridized carbons (Fsp3) is 0.222. The third-order valence-corrected chi connectivity index (χ3v) is 6.02. The van der Waals surface area contributed by atoms with Crippen LogP contribution in [0.4, 0.5) is 0 Å². The van der Waals surface area contributed by atoms with Gasteiger partial charge in [0.1, 0.15) is 17.2 Å². The molecule has 0 radical (unpaired) electrons. The molecular weight excluding hydrogens is 576 g/mol. The Hall–Kier alpha value is -5.44. The summed E-state index contributed by atoms with van der Waals surface area (Å²) in [5.74, 6) is -0.871. The Bertz CT molecular complexity index is 1520. The highest BCUT2D eigenvalue weighted by molar-refractivity contribution is 5.94. The van der Waals surface area contributed by atoms with Crippen molar-refractivity contribution in [3.05, 3.63) is 109 Å². The molecule has 0 amide bonds. The number of benzene rings is 3. The second-order valence-corrected chi connectivity index (χ2v) is 9.88. The maximum atomic E-state index is 12.3. The van der Waals surface area contributed by atoms with Crippen LogP contribution in [0.3, 0.4) is 0 Å². The minimum Gasteiger partial charge on any atom is -0.493 e. The molecule has 3 rings (SSSR count). The van der Waals surface area contributed by atoms with Crippen LogP contribution >= 0.6 is 0 Å². The Morgan fingerprint density at radius 1 is 0.689 bits per heavy atom. The van der Waals surface area contributed by atoms with Crippen LogP contribution in [0.25, 0.3) is 17.2 Å². The Labute approximate surface area is 262 Å². The summed E-state index contributed by atoms with van der Waals surface area (Å²) in [6.07, 6.45) is 3.99. The predicted molar refractivity (Wildman–Crippen MR) is 170 cm³/mol. The molecule has 0 bridgehead atoms. The highest BCUT2D eigenvalue weighted by Crippen LogP contribution is 2.24. The molecule has 0 saturated heterocycles. The maximum Gasteiger partial charge on any atom is 0.339 e. The van der Waals surface area contributed by atoms with E-state index in [0.717, 1.165) is 16.7 Å². The van der Waals surface area contributed by atoms with Crippen molar-refractivity contribution < 1.29 is 42.9 Å². The zero-order valence-corrected chi connectivity index (χ0v) is 25.4. The van der Waals surface area contributed by atoms with Crippen molar-refractivity contribution in [1.82, 2.24) is 0 Å². The summed E-state index contributed by atoms with van der Waals surface area (Å²) in [6, 6.07) is 21.1. The number of hydrogen-bond acceptors (Lipinski definition) is 9. The van der Waals surface area contributed by atoms with E-state index >= 15 is 0 Å². The molecule has 9 heteroatoms. The molecule has 0 N–H and O–H groups in total. The average Bonchev–Trinajstić information content (AvgIpc) is 3.03. The molecule has 0 saturated carbocycles.